The quantitative estimate of drug-likeness (QED) is 0.787. The Morgan fingerprint density at radius 2 is 1.88 bits per heavy atom. The van der Waals surface area contributed by atoms with Crippen LogP contribution in [0.1, 0.15) is 5.56 Å². The highest BCUT2D eigenvalue weighted by atomic mass is 35.6. The van der Waals surface area contributed by atoms with Gasteiger partial charge in [-0.2, -0.15) is 0 Å². The van der Waals surface area contributed by atoms with Crippen LogP contribution < -0.4 is 4.74 Å². The zero-order valence-electron chi connectivity index (χ0n) is 8.69. The Labute approximate surface area is 113 Å². The van der Waals surface area contributed by atoms with Gasteiger partial charge < -0.3 is 14.3 Å². The molecule has 7 heteroatoms. The zero-order chi connectivity index (χ0) is 12.5. The third kappa shape index (κ3) is 2.89. The normalized spacial score (nSPS) is 19.3. The van der Waals surface area contributed by atoms with E-state index in [2.05, 4.69) is 5.16 Å². The summed E-state index contributed by atoms with van der Waals surface area (Å²) in [6.07, 6.45) is -1.04. The minimum atomic E-state index is -1.68. The van der Waals surface area contributed by atoms with E-state index >= 15 is 0 Å². The fourth-order valence-corrected chi connectivity index (χ4v) is 1.47. The predicted octanol–water partition coefficient (Wildman–Crippen LogP) is 3.10. The van der Waals surface area contributed by atoms with Gasteiger partial charge in [0.05, 0.1) is 7.11 Å². The molecule has 4 nitrogen and oxygen atoms in total. The first-order chi connectivity index (χ1) is 8.00. The third-order valence-corrected chi connectivity index (χ3v) is 2.59. The molecule has 0 spiro atoms. The van der Waals surface area contributed by atoms with Crippen molar-refractivity contribution in [1.82, 2.24) is 0 Å². The molecule has 0 aromatic heterocycles. The molecule has 0 amide bonds. The molecule has 1 atom stereocenters. The van der Waals surface area contributed by atoms with E-state index in [9.17, 15) is 0 Å². The van der Waals surface area contributed by atoms with Gasteiger partial charge in [-0.05, 0) is 29.4 Å². The molecule has 1 aliphatic rings. The van der Waals surface area contributed by atoms with Crippen LogP contribution in [0.5, 0.6) is 5.75 Å². The van der Waals surface area contributed by atoms with Gasteiger partial charge in [0, 0.05) is 5.56 Å². The number of halogens is 3. The number of methoxy groups -OCH3 is 1. The molecule has 1 unspecified atom stereocenters. The number of benzene rings is 1. The molecule has 1 heterocycles. The summed E-state index contributed by atoms with van der Waals surface area (Å²) in [4.78, 5) is 4.88. The third-order valence-electron chi connectivity index (χ3n) is 2.05. The Kier molecular flexibility index (Phi) is 3.56. The molecule has 0 fully saturated rings. The fraction of sp³-hybridized carbons (Fsp3) is 0.300. The fourth-order valence-electron chi connectivity index (χ4n) is 1.22. The van der Waals surface area contributed by atoms with Crippen molar-refractivity contribution in [2.45, 2.75) is 10.1 Å². The lowest BCUT2D eigenvalue weighted by molar-refractivity contribution is -0.0432. The first kappa shape index (κ1) is 12.6. The summed E-state index contributed by atoms with van der Waals surface area (Å²) in [6, 6.07) is 7.07. The van der Waals surface area contributed by atoms with Gasteiger partial charge in [-0.3, -0.25) is 0 Å². The van der Waals surface area contributed by atoms with Crippen molar-refractivity contribution >= 4 is 40.7 Å². The Morgan fingerprint density at radius 3 is 2.35 bits per heavy atom. The number of rotatable bonds is 2. The SMILES string of the molecule is COc1ccc(C2=NOC(C(Cl)(Cl)Cl)O2)cc1. The average Bonchev–Trinajstić information content (AvgIpc) is 2.78. The number of oxime groups is 1. The number of ether oxygens (including phenoxy) is 2. The van der Waals surface area contributed by atoms with Crippen molar-refractivity contribution in [2.24, 2.45) is 5.16 Å². The smallest absolute Gasteiger partial charge is 0.314 e. The van der Waals surface area contributed by atoms with Gasteiger partial charge in [0.1, 0.15) is 5.75 Å². The second-order valence-corrected chi connectivity index (χ2v) is 5.59. The van der Waals surface area contributed by atoms with E-state index in [1.54, 1.807) is 31.4 Å². The predicted molar refractivity (Wildman–Crippen MR) is 65.8 cm³/mol. The van der Waals surface area contributed by atoms with E-state index in [1.165, 1.54) is 0 Å². The molecule has 17 heavy (non-hydrogen) atoms. The van der Waals surface area contributed by atoms with E-state index in [-0.39, 0.29) is 5.90 Å². The number of hydrogen-bond donors (Lipinski definition) is 0. The standard InChI is InChI=1S/C10H8Cl3NO3/c1-15-7-4-2-6(3-5-7)8-14-17-9(16-8)10(11,12)13/h2-5,9H,1H3. The van der Waals surface area contributed by atoms with Crippen LogP contribution >= 0.6 is 34.8 Å². The van der Waals surface area contributed by atoms with Gasteiger partial charge in [-0.1, -0.05) is 34.8 Å². The monoisotopic (exact) mass is 295 g/mol. The van der Waals surface area contributed by atoms with Crippen LogP contribution in [0, 0.1) is 0 Å². The minimum Gasteiger partial charge on any atom is -0.497 e. The average molecular weight is 297 g/mol. The molecule has 0 bridgehead atoms. The molecule has 0 radical (unpaired) electrons. The summed E-state index contributed by atoms with van der Waals surface area (Å²) in [7, 11) is 1.58. The molecule has 1 aromatic rings. The number of alkyl halides is 3. The zero-order valence-corrected chi connectivity index (χ0v) is 11.0. The molecular weight excluding hydrogens is 288 g/mol. The van der Waals surface area contributed by atoms with Crippen molar-refractivity contribution in [2.75, 3.05) is 7.11 Å². The summed E-state index contributed by atoms with van der Waals surface area (Å²) in [6.45, 7) is 0. The molecule has 92 valence electrons. The van der Waals surface area contributed by atoms with Crippen LogP contribution in [0.2, 0.25) is 0 Å². The molecule has 1 aromatic carbocycles. The van der Waals surface area contributed by atoms with Crippen molar-refractivity contribution in [3.05, 3.63) is 29.8 Å². The van der Waals surface area contributed by atoms with E-state index in [0.717, 1.165) is 5.75 Å². The summed E-state index contributed by atoms with van der Waals surface area (Å²) in [5.74, 6) is 0.996. The van der Waals surface area contributed by atoms with Gasteiger partial charge in [-0.15, -0.1) is 0 Å². The summed E-state index contributed by atoms with van der Waals surface area (Å²) in [5, 5.41) is 3.71. The van der Waals surface area contributed by atoms with Crippen LogP contribution in [-0.2, 0) is 9.57 Å². The highest BCUT2D eigenvalue weighted by Crippen LogP contribution is 2.35. The van der Waals surface area contributed by atoms with Gasteiger partial charge >= 0.3 is 6.29 Å². The molecule has 0 N–H and O–H groups in total. The molecule has 0 aliphatic carbocycles. The van der Waals surface area contributed by atoms with Crippen molar-refractivity contribution in [3.8, 4) is 5.75 Å². The highest BCUT2D eigenvalue weighted by Gasteiger charge is 2.41. The molecule has 1 aliphatic heterocycles. The first-order valence-corrected chi connectivity index (χ1v) is 5.75. The maximum Gasteiger partial charge on any atom is 0.314 e. The van der Waals surface area contributed by atoms with Crippen LogP contribution in [0.3, 0.4) is 0 Å². The van der Waals surface area contributed by atoms with E-state index in [1.807, 2.05) is 0 Å². The van der Waals surface area contributed by atoms with Crippen LogP contribution in [0.15, 0.2) is 29.4 Å². The molecule has 0 saturated carbocycles. The van der Waals surface area contributed by atoms with Gasteiger partial charge in [0.2, 0.25) is 0 Å². The van der Waals surface area contributed by atoms with Gasteiger partial charge in [0.15, 0.2) is 0 Å². The molecular formula is C10H8Cl3NO3. The minimum absolute atomic E-state index is 0.268. The summed E-state index contributed by atoms with van der Waals surface area (Å²) in [5.41, 5.74) is 0.711. The van der Waals surface area contributed by atoms with Gasteiger partial charge in [0.25, 0.3) is 9.69 Å². The van der Waals surface area contributed by atoms with Crippen molar-refractivity contribution in [1.29, 1.82) is 0 Å². The van der Waals surface area contributed by atoms with E-state index in [4.69, 9.17) is 49.1 Å². The summed E-state index contributed by atoms with van der Waals surface area (Å²) < 4.78 is 8.63. The Hall–Kier alpha value is -0.840. The first-order valence-electron chi connectivity index (χ1n) is 4.62. The number of nitrogens with zero attached hydrogens (tertiary/aromatic N) is 1. The second kappa shape index (κ2) is 4.80. The van der Waals surface area contributed by atoms with Crippen LogP contribution in [0.25, 0.3) is 0 Å². The lowest BCUT2D eigenvalue weighted by atomic mass is 10.2. The maximum absolute atomic E-state index is 5.63. The Morgan fingerprint density at radius 1 is 1.24 bits per heavy atom. The molecule has 2 rings (SSSR count). The van der Waals surface area contributed by atoms with E-state index < -0.39 is 10.1 Å². The topological polar surface area (TPSA) is 40.0 Å². The largest absolute Gasteiger partial charge is 0.497 e. The lowest BCUT2D eigenvalue weighted by Gasteiger charge is -2.16. The maximum atomic E-state index is 5.63. The Bertz CT molecular complexity index is 427. The van der Waals surface area contributed by atoms with Crippen molar-refractivity contribution in [3.63, 3.8) is 0 Å². The summed E-state index contributed by atoms with van der Waals surface area (Å²) >= 11 is 16.9. The van der Waals surface area contributed by atoms with Crippen LogP contribution in [-0.4, -0.2) is 23.1 Å². The molecule has 0 saturated heterocycles. The lowest BCUT2D eigenvalue weighted by Crippen LogP contribution is -2.27. The van der Waals surface area contributed by atoms with Crippen LogP contribution in [0.4, 0.5) is 0 Å². The Balaban J connectivity index is 2.09. The number of hydrogen-bond acceptors (Lipinski definition) is 4. The van der Waals surface area contributed by atoms with Gasteiger partial charge in [-0.25, -0.2) is 0 Å². The van der Waals surface area contributed by atoms with E-state index in [0.29, 0.717) is 5.56 Å². The highest BCUT2D eigenvalue weighted by molar-refractivity contribution is 6.68. The van der Waals surface area contributed by atoms with Crippen molar-refractivity contribution < 1.29 is 14.3 Å². The second-order valence-electron chi connectivity index (χ2n) is 3.22.